The van der Waals surface area contributed by atoms with Gasteiger partial charge in [0.25, 0.3) is 5.91 Å². The van der Waals surface area contributed by atoms with Gasteiger partial charge in [-0.25, -0.2) is 4.39 Å². The minimum Gasteiger partial charge on any atom is -0.469 e. The van der Waals surface area contributed by atoms with Crippen molar-refractivity contribution in [1.82, 2.24) is 5.32 Å². The summed E-state index contributed by atoms with van der Waals surface area (Å²) in [5.41, 5.74) is 0.338. The Morgan fingerprint density at radius 2 is 2.21 bits per heavy atom. The van der Waals surface area contributed by atoms with Crippen molar-refractivity contribution in [3.05, 3.63) is 59.8 Å². The summed E-state index contributed by atoms with van der Waals surface area (Å²) in [6, 6.07) is 9.41. The van der Waals surface area contributed by atoms with Crippen molar-refractivity contribution >= 4 is 5.91 Å². The van der Waals surface area contributed by atoms with E-state index < -0.39 is 5.82 Å². The molecule has 0 saturated heterocycles. The molecule has 0 aliphatic rings. The van der Waals surface area contributed by atoms with Gasteiger partial charge in [-0.2, -0.15) is 0 Å². The monoisotopic (exact) mass is 261 g/mol. The number of nitrogens with one attached hydrogen (secondary N) is 1. The van der Waals surface area contributed by atoms with E-state index in [1.54, 1.807) is 12.3 Å². The summed E-state index contributed by atoms with van der Waals surface area (Å²) in [7, 11) is 0. The summed E-state index contributed by atoms with van der Waals surface area (Å²) < 4.78 is 18.2. The van der Waals surface area contributed by atoms with Crippen molar-refractivity contribution in [2.45, 2.75) is 25.8 Å². The first-order chi connectivity index (χ1) is 9.15. The molecule has 4 heteroatoms. The summed E-state index contributed by atoms with van der Waals surface area (Å²) in [6.45, 7) is 1.92. The molecule has 2 aromatic rings. The summed E-state index contributed by atoms with van der Waals surface area (Å²) in [4.78, 5) is 11.9. The fourth-order valence-electron chi connectivity index (χ4n) is 1.82. The summed E-state index contributed by atoms with van der Waals surface area (Å²) in [5, 5.41) is 2.84. The average Bonchev–Trinajstić information content (AvgIpc) is 2.89. The first-order valence-electron chi connectivity index (χ1n) is 6.24. The lowest BCUT2D eigenvalue weighted by Gasteiger charge is -2.13. The van der Waals surface area contributed by atoms with Crippen molar-refractivity contribution in [1.29, 1.82) is 0 Å². The van der Waals surface area contributed by atoms with Gasteiger partial charge in [-0.3, -0.25) is 4.79 Å². The molecule has 1 aromatic heterocycles. The molecule has 0 radical (unpaired) electrons. The summed E-state index contributed by atoms with van der Waals surface area (Å²) in [6.07, 6.45) is 3.16. The second-order valence-corrected chi connectivity index (χ2v) is 4.50. The highest BCUT2D eigenvalue weighted by molar-refractivity contribution is 5.94. The smallest absolute Gasteiger partial charge is 0.251 e. The summed E-state index contributed by atoms with van der Waals surface area (Å²) in [5.74, 6) is 0.231. The predicted octanol–water partition coefficient (Wildman–Crippen LogP) is 3.17. The Labute approximate surface area is 111 Å². The van der Waals surface area contributed by atoms with Gasteiger partial charge in [0.2, 0.25) is 0 Å². The SMILES string of the molecule is CC(CCc1ccco1)NC(=O)c1cccc(F)c1. The first-order valence-corrected chi connectivity index (χ1v) is 6.24. The molecule has 0 aliphatic carbocycles. The summed E-state index contributed by atoms with van der Waals surface area (Å²) >= 11 is 0. The molecule has 19 heavy (non-hydrogen) atoms. The van der Waals surface area contributed by atoms with Gasteiger partial charge < -0.3 is 9.73 Å². The molecule has 0 fully saturated rings. The molecule has 3 nitrogen and oxygen atoms in total. The van der Waals surface area contributed by atoms with Crippen molar-refractivity contribution < 1.29 is 13.6 Å². The molecule has 1 unspecified atom stereocenters. The Bertz CT molecular complexity index is 537. The molecule has 0 spiro atoms. The number of hydrogen-bond donors (Lipinski definition) is 1. The molecule has 100 valence electrons. The van der Waals surface area contributed by atoms with Gasteiger partial charge in [-0.15, -0.1) is 0 Å². The van der Waals surface area contributed by atoms with Crippen LogP contribution in [0.3, 0.4) is 0 Å². The fraction of sp³-hybridized carbons (Fsp3) is 0.267. The van der Waals surface area contributed by atoms with E-state index in [0.29, 0.717) is 5.56 Å². The van der Waals surface area contributed by atoms with Gasteiger partial charge >= 0.3 is 0 Å². The largest absolute Gasteiger partial charge is 0.469 e. The maximum absolute atomic E-state index is 13.0. The van der Waals surface area contributed by atoms with Gasteiger partial charge in [-0.1, -0.05) is 6.07 Å². The van der Waals surface area contributed by atoms with E-state index in [9.17, 15) is 9.18 Å². The van der Waals surface area contributed by atoms with Crippen LogP contribution in [-0.4, -0.2) is 11.9 Å². The third-order valence-electron chi connectivity index (χ3n) is 2.87. The number of carbonyl (C=O) groups excluding carboxylic acids is 1. The molecule has 1 N–H and O–H groups in total. The number of aryl methyl sites for hydroxylation is 1. The van der Waals surface area contributed by atoms with Gasteiger partial charge in [0, 0.05) is 18.0 Å². The van der Waals surface area contributed by atoms with Crippen LogP contribution in [0.1, 0.15) is 29.5 Å². The topological polar surface area (TPSA) is 42.2 Å². The number of benzene rings is 1. The first kappa shape index (κ1) is 13.3. The third kappa shape index (κ3) is 3.95. The zero-order chi connectivity index (χ0) is 13.7. The normalized spacial score (nSPS) is 12.1. The lowest BCUT2D eigenvalue weighted by Crippen LogP contribution is -2.32. The average molecular weight is 261 g/mol. The Morgan fingerprint density at radius 1 is 1.37 bits per heavy atom. The number of carbonyl (C=O) groups is 1. The van der Waals surface area contributed by atoms with E-state index >= 15 is 0 Å². The van der Waals surface area contributed by atoms with Crippen LogP contribution in [0.4, 0.5) is 4.39 Å². The maximum atomic E-state index is 13.0. The number of halogens is 1. The van der Waals surface area contributed by atoms with E-state index in [2.05, 4.69) is 5.32 Å². The lowest BCUT2D eigenvalue weighted by atomic mass is 10.1. The second kappa shape index (κ2) is 6.18. The van der Waals surface area contributed by atoms with Gasteiger partial charge in [0.05, 0.1) is 6.26 Å². The van der Waals surface area contributed by atoms with Crippen LogP contribution in [0.5, 0.6) is 0 Å². The van der Waals surface area contributed by atoms with Gasteiger partial charge in [-0.05, 0) is 43.7 Å². The highest BCUT2D eigenvalue weighted by atomic mass is 19.1. The van der Waals surface area contributed by atoms with Crippen molar-refractivity contribution in [3.63, 3.8) is 0 Å². The molecule has 1 amide bonds. The molecule has 1 aromatic carbocycles. The van der Waals surface area contributed by atoms with Crippen LogP contribution in [0.2, 0.25) is 0 Å². The fourth-order valence-corrected chi connectivity index (χ4v) is 1.82. The quantitative estimate of drug-likeness (QED) is 0.898. The number of amides is 1. The number of rotatable bonds is 5. The highest BCUT2D eigenvalue weighted by Gasteiger charge is 2.10. The van der Waals surface area contributed by atoms with Crippen molar-refractivity contribution in [3.8, 4) is 0 Å². The molecule has 1 atom stereocenters. The minimum atomic E-state index is -0.407. The van der Waals surface area contributed by atoms with Gasteiger partial charge in [0.1, 0.15) is 11.6 Å². The Kier molecular flexibility index (Phi) is 4.34. The zero-order valence-corrected chi connectivity index (χ0v) is 10.7. The minimum absolute atomic E-state index is 0.000803. The molecule has 2 rings (SSSR count). The van der Waals surface area contributed by atoms with E-state index in [1.807, 2.05) is 19.1 Å². The van der Waals surface area contributed by atoms with Crippen LogP contribution >= 0.6 is 0 Å². The van der Waals surface area contributed by atoms with E-state index in [4.69, 9.17) is 4.42 Å². The molecule has 0 bridgehead atoms. The van der Waals surface area contributed by atoms with E-state index in [1.165, 1.54) is 18.2 Å². The van der Waals surface area contributed by atoms with Crippen LogP contribution < -0.4 is 5.32 Å². The lowest BCUT2D eigenvalue weighted by molar-refractivity contribution is 0.0937. The molecule has 0 saturated carbocycles. The Morgan fingerprint density at radius 3 is 2.89 bits per heavy atom. The van der Waals surface area contributed by atoms with E-state index in [0.717, 1.165) is 18.6 Å². The van der Waals surface area contributed by atoms with Crippen LogP contribution in [-0.2, 0) is 6.42 Å². The number of hydrogen-bond acceptors (Lipinski definition) is 2. The molecule has 0 aliphatic heterocycles. The Balaban J connectivity index is 1.84. The second-order valence-electron chi connectivity index (χ2n) is 4.50. The van der Waals surface area contributed by atoms with Crippen molar-refractivity contribution in [2.75, 3.05) is 0 Å². The van der Waals surface area contributed by atoms with Crippen LogP contribution in [0.25, 0.3) is 0 Å². The molecular formula is C15H16FNO2. The third-order valence-corrected chi connectivity index (χ3v) is 2.87. The van der Waals surface area contributed by atoms with E-state index in [-0.39, 0.29) is 11.9 Å². The maximum Gasteiger partial charge on any atom is 0.251 e. The molecule has 1 heterocycles. The van der Waals surface area contributed by atoms with Gasteiger partial charge in [0.15, 0.2) is 0 Å². The molecular weight excluding hydrogens is 245 g/mol. The Hall–Kier alpha value is -2.10. The zero-order valence-electron chi connectivity index (χ0n) is 10.7. The van der Waals surface area contributed by atoms with Crippen LogP contribution in [0.15, 0.2) is 47.1 Å². The van der Waals surface area contributed by atoms with Crippen molar-refractivity contribution in [2.24, 2.45) is 0 Å². The predicted molar refractivity (Wildman–Crippen MR) is 70.4 cm³/mol. The van der Waals surface area contributed by atoms with Crippen LogP contribution in [0, 0.1) is 5.82 Å². The number of furan rings is 1. The standard InChI is InChI=1S/C15H16FNO2/c1-11(7-8-14-6-3-9-19-14)17-15(18)12-4-2-5-13(16)10-12/h2-6,9-11H,7-8H2,1H3,(H,17,18). The highest BCUT2D eigenvalue weighted by Crippen LogP contribution is 2.07.